The van der Waals surface area contributed by atoms with Gasteiger partial charge in [-0.15, -0.1) is 0 Å². The highest BCUT2D eigenvalue weighted by Crippen LogP contribution is 2.36. The number of benzene rings is 1. The molecule has 0 bridgehead atoms. The average Bonchev–Trinajstić information content (AvgIpc) is 2.35. The molecular formula is C11H11BrFNO6. The van der Waals surface area contributed by atoms with Crippen molar-refractivity contribution in [1.82, 2.24) is 0 Å². The summed E-state index contributed by atoms with van der Waals surface area (Å²) < 4.78 is 22.5. The molecule has 20 heavy (non-hydrogen) atoms. The summed E-state index contributed by atoms with van der Waals surface area (Å²) in [5.74, 6) is -2.07. The van der Waals surface area contributed by atoms with Crippen LogP contribution < -0.4 is 4.74 Å². The van der Waals surface area contributed by atoms with Crippen LogP contribution in [0.2, 0.25) is 0 Å². The molecule has 7 nitrogen and oxygen atoms in total. The molecule has 0 saturated heterocycles. The van der Waals surface area contributed by atoms with E-state index in [1.165, 1.54) is 0 Å². The molecule has 0 spiro atoms. The van der Waals surface area contributed by atoms with Crippen molar-refractivity contribution in [2.24, 2.45) is 0 Å². The van der Waals surface area contributed by atoms with E-state index in [9.17, 15) is 24.4 Å². The van der Waals surface area contributed by atoms with Crippen LogP contribution in [0, 0.1) is 15.9 Å². The first kappa shape index (κ1) is 16.3. The zero-order chi connectivity index (χ0) is 15.5. The second-order valence-electron chi connectivity index (χ2n) is 4.05. The third-order valence-corrected chi connectivity index (χ3v) is 2.90. The molecule has 0 aliphatic heterocycles. The summed E-state index contributed by atoms with van der Waals surface area (Å²) in [7, 11) is 1.08. The number of nitrogens with zero attached hydrogens (tertiary/aromatic N) is 1. The van der Waals surface area contributed by atoms with E-state index in [1.807, 2.05) is 0 Å². The van der Waals surface area contributed by atoms with Gasteiger partial charge in [0, 0.05) is 0 Å². The number of hydrogen-bond acceptors (Lipinski definition) is 6. The van der Waals surface area contributed by atoms with Crippen LogP contribution in [0.1, 0.15) is 6.92 Å². The Kier molecular flexibility index (Phi) is 5.01. The van der Waals surface area contributed by atoms with Gasteiger partial charge in [0.2, 0.25) is 5.75 Å². The van der Waals surface area contributed by atoms with Gasteiger partial charge in [0.1, 0.15) is 12.4 Å². The van der Waals surface area contributed by atoms with Crippen molar-refractivity contribution < 1.29 is 28.7 Å². The number of esters is 1. The topological polar surface area (TPSA) is 98.9 Å². The molecule has 0 fully saturated rings. The fraction of sp³-hybridized carbons (Fsp3) is 0.364. The van der Waals surface area contributed by atoms with Crippen LogP contribution in [-0.4, -0.2) is 35.3 Å². The predicted octanol–water partition coefficient (Wildman–Crippen LogP) is 1.80. The molecule has 0 aliphatic rings. The van der Waals surface area contributed by atoms with Crippen LogP contribution in [0.3, 0.4) is 0 Å². The number of nitro benzene ring substituents is 1. The Morgan fingerprint density at radius 1 is 1.60 bits per heavy atom. The maximum absolute atomic E-state index is 13.1. The molecule has 0 aromatic heterocycles. The molecule has 1 N–H and O–H groups in total. The lowest BCUT2D eigenvalue weighted by atomic mass is 10.1. The highest BCUT2D eigenvalue weighted by atomic mass is 79.9. The maximum Gasteiger partial charge on any atom is 0.341 e. The number of hydrogen-bond donors (Lipinski definition) is 1. The monoisotopic (exact) mass is 351 g/mol. The quantitative estimate of drug-likeness (QED) is 0.493. The molecule has 0 amide bonds. The van der Waals surface area contributed by atoms with Gasteiger partial charge >= 0.3 is 11.7 Å². The summed E-state index contributed by atoms with van der Waals surface area (Å²) in [6.45, 7) is 0.535. The first-order chi connectivity index (χ1) is 9.19. The smallest absolute Gasteiger partial charge is 0.341 e. The van der Waals surface area contributed by atoms with Crippen molar-refractivity contribution in [2.75, 3.05) is 13.7 Å². The summed E-state index contributed by atoms with van der Waals surface area (Å²) in [6.07, 6.45) is 0. The Labute approximate surface area is 121 Å². The number of rotatable bonds is 5. The number of aliphatic hydroxyl groups is 1. The van der Waals surface area contributed by atoms with E-state index < -0.39 is 34.6 Å². The van der Waals surface area contributed by atoms with E-state index in [0.29, 0.717) is 6.07 Å². The molecule has 0 heterocycles. The van der Waals surface area contributed by atoms with Crippen LogP contribution in [0.25, 0.3) is 0 Å². The summed E-state index contributed by atoms with van der Waals surface area (Å²) in [4.78, 5) is 21.2. The number of halogens is 2. The summed E-state index contributed by atoms with van der Waals surface area (Å²) in [6, 6.07) is 1.64. The fourth-order valence-corrected chi connectivity index (χ4v) is 1.85. The third kappa shape index (κ3) is 3.64. The van der Waals surface area contributed by atoms with Crippen molar-refractivity contribution >= 4 is 27.6 Å². The minimum absolute atomic E-state index is 0.00938. The molecule has 9 heteroatoms. The number of nitro groups is 1. The van der Waals surface area contributed by atoms with Gasteiger partial charge in [0.05, 0.1) is 22.6 Å². The molecule has 0 saturated carbocycles. The SMILES string of the molecule is COC(=O)C(C)(O)COc1c(Br)cc(F)cc1[N+](=O)[O-]. The van der Waals surface area contributed by atoms with Gasteiger partial charge < -0.3 is 14.6 Å². The van der Waals surface area contributed by atoms with E-state index in [2.05, 4.69) is 20.7 Å². The van der Waals surface area contributed by atoms with Gasteiger partial charge in [-0.2, -0.15) is 0 Å². The minimum atomic E-state index is -1.99. The fourth-order valence-electron chi connectivity index (χ4n) is 1.32. The Morgan fingerprint density at radius 3 is 2.70 bits per heavy atom. The van der Waals surface area contributed by atoms with Crippen molar-refractivity contribution in [1.29, 1.82) is 0 Å². The zero-order valence-corrected chi connectivity index (χ0v) is 12.1. The van der Waals surface area contributed by atoms with Crippen LogP contribution >= 0.6 is 15.9 Å². The Balaban J connectivity index is 3.04. The number of carbonyl (C=O) groups excluding carboxylic acids is 1. The van der Waals surface area contributed by atoms with Crippen LogP contribution in [0.5, 0.6) is 5.75 Å². The highest BCUT2D eigenvalue weighted by Gasteiger charge is 2.34. The van der Waals surface area contributed by atoms with Crippen molar-refractivity contribution in [3.8, 4) is 5.75 Å². The predicted molar refractivity (Wildman–Crippen MR) is 68.9 cm³/mol. The lowest BCUT2D eigenvalue weighted by molar-refractivity contribution is -0.386. The molecule has 0 aliphatic carbocycles. The van der Waals surface area contributed by atoms with Crippen molar-refractivity contribution in [3.05, 3.63) is 32.5 Å². The number of ether oxygens (including phenoxy) is 2. The Morgan fingerprint density at radius 2 is 2.20 bits per heavy atom. The molecular weight excluding hydrogens is 341 g/mol. The molecule has 1 aromatic carbocycles. The second-order valence-corrected chi connectivity index (χ2v) is 4.90. The molecule has 1 atom stereocenters. The van der Waals surface area contributed by atoms with Gasteiger partial charge in [0.15, 0.2) is 5.60 Å². The standard InChI is InChI=1S/C11H11BrFNO6/c1-11(16,10(15)19-2)5-20-9-7(12)3-6(13)4-8(9)14(17)18/h3-4,16H,5H2,1-2H3. The maximum atomic E-state index is 13.1. The highest BCUT2D eigenvalue weighted by molar-refractivity contribution is 9.10. The Bertz CT molecular complexity index is 548. The Hall–Kier alpha value is -1.74. The summed E-state index contributed by atoms with van der Waals surface area (Å²) >= 11 is 2.92. The zero-order valence-electron chi connectivity index (χ0n) is 10.6. The lowest BCUT2D eigenvalue weighted by Gasteiger charge is -2.20. The van der Waals surface area contributed by atoms with E-state index in [4.69, 9.17) is 4.74 Å². The minimum Gasteiger partial charge on any atom is -0.482 e. The van der Waals surface area contributed by atoms with E-state index in [-0.39, 0.29) is 10.2 Å². The van der Waals surface area contributed by atoms with Gasteiger partial charge in [-0.05, 0) is 28.9 Å². The van der Waals surface area contributed by atoms with Gasteiger partial charge in [-0.25, -0.2) is 9.18 Å². The average molecular weight is 352 g/mol. The third-order valence-electron chi connectivity index (χ3n) is 2.31. The summed E-state index contributed by atoms with van der Waals surface area (Å²) in [5.41, 5.74) is -2.62. The van der Waals surface area contributed by atoms with Crippen LogP contribution in [0.15, 0.2) is 16.6 Å². The number of carbonyl (C=O) groups is 1. The number of methoxy groups -OCH3 is 1. The van der Waals surface area contributed by atoms with Gasteiger partial charge in [-0.3, -0.25) is 10.1 Å². The van der Waals surface area contributed by atoms with Crippen molar-refractivity contribution in [2.45, 2.75) is 12.5 Å². The van der Waals surface area contributed by atoms with E-state index in [1.54, 1.807) is 0 Å². The van der Waals surface area contributed by atoms with Crippen LogP contribution in [0.4, 0.5) is 10.1 Å². The molecule has 1 aromatic rings. The first-order valence-corrected chi connectivity index (χ1v) is 6.05. The largest absolute Gasteiger partial charge is 0.482 e. The van der Waals surface area contributed by atoms with Gasteiger partial charge in [0.25, 0.3) is 0 Å². The van der Waals surface area contributed by atoms with E-state index >= 15 is 0 Å². The van der Waals surface area contributed by atoms with Crippen molar-refractivity contribution in [3.63, 3.8) is 0 Å². The van der Waals surface area contributed by atoms with Crippen LogP contribution in [-0.2, 0) is 9.53 Å². The summed E-state index contributed by atoms with van der Waals surface area (Å²) in [5, 5.41) is 20.6. The lowest BCUT2D eigenvalue weighted by Crippen LogP contribution is -2.42. The molecule has 0 radical (unpaired) electrons. The molecule has 1 unspecified atom stereocenters. The molecule has 110 valence electrons. The first-order valence-electron chi connectivity index (χ1n) is 5.26. The van der Waals surface area contributed by atoms with E-state index in [0.717, 1.165) is 20.1 Å². The second kappa shape index (κ2) is 6.14. The molecule has 1 rings (SSSR count). The normalized spacial score (nSPS) is 13.4. The van der Waals surface area contributed by atoms with Gasteiger partial charge in [-0.1, -0.05) is 0 Å².